The third-order valence-electron chi connectivity index (χ3n) is 5.27. The first-order valence-corrected chi connectivity index (χ1v) is 9.23. The van der Waals surface area contributed by atoms with Crippen molar-refractivity contribution in [3.63, 3.8) is 0 Å². The van der Waals surface area contributed by atoms with Crippen molar-refractivity contribution in [3.8, 4) is 17.3 Å². The van der Waals surface area contributed by atoms with Crippen molar-refractivity contribution in [1.82, 2.24) is 19.9 Å². The van der Waals surface area contributed by atoms with Crippen LogP contribution in [-0.4, -0.2) is 33.5 Å². The van der Waals surface area contributed by atoms with Gasteiger partial charge in [-0.05, 0) is 35.9 Å². The average Bonchev–Trinajstić information content (AvgIpc) is 3.38. The summed E-state index contributed by atoms with van der Waals surface area (Å²) in [7, 11) is 1.67. The van der Waals surface area contributed by atoms with E-state index in [9.17, 15) is 4.79 Å². The number of hydrogen-bond donors (Lipinski definition) is 2. The van der Waals surface area contributed by atoms with E-state index in [2.05, 4.69) is 19.9 Å². The standard InChI is InChI=1S/C21H20N4O3/c1-27-14-4-5-17-15(9-14)13(10-22-17)11-25-7-6-18-16(12-25)21(26)24-20(23-18)19-3-2-8-28-19/h2-5,8-10,22H,6-7,11-12H2,1H3,(H,23,24,26). The number of aromatic nitrogens is 3. The maximum Gasteiger partial charge on any atom is 0.256 e. The molecule has 5 rings (SSSR count). The number of fused-ring (bicyclic) bond motifs is 2. The summed E-state index contributed by atoms with van der Waals surface area (Å²) in [5, 5.41) is 1.14. The Hall–Kier alpha value is -3.32. The van der Waals surface area contributed by atoms with Crippen molar-refractivity contribution < 1.29 is 9.15 Å². The largest absolute Gasteiger partial charge is 0.497 e. The van der Waals surface area contributed by atoms with Gasteiger partial charge < -0.3 is 19.1 Å². The minimum Gasteiger partial charge on any atom is -0.497 e. The summed E-state index contributed by atoms with van der Waals surface area (Å²) in [5.74, 6) is 1.91. The molecule has 4 heterocycles. The first-order valence-electron chi connectivity index (χ1n) is 9.23. The monoisotopic (exact) mass is 376 g/mol. The number of aromatic amines is 2. The predicted molar refractivity (Wildman–Crippen MR) is 105 cm³/mol. The number of nitrogens with one attached hydrogen (secondary N) is 2. The number of benzene rings is 1. The number of nitrogens with zero attached hydrogens (tertiary/aromatic N) is 2. The van der Waals surface area contributed by atoms with Crippen LogP contribution in [0.15, 0.2) is 52.0 Å². The number of rotatable bonds is 4. The van der Waals surface area contributed by atoms with E-state index in [1.807, 2.05) is 24.4 Å². The lowest BCUT2D eigenvalue weighted by Gasteiger charge is -2.27. The maximum absolute atomic E-state index is 12.6. The smallest absolute Gasteiger partial charge is 0.256 e. The van der Waals surface area contributed by atoms with Gasteiger partial charge in [0.15, 0.2) is 11.6 Å². The number of hydrogen-bond acceptors (Lipinski definition) is 5. The molecule has 0 fully saturated rings. The van der Waals surface area contributed by atoms with Crippen LogP contribution in [0.2, 0.25) is 0 Å². The topological polar surface area (TPSA) is 87.2 Å². The zero-order valence-electron chi connectivity index (χ0n) is 15.5. The van der Waals surface area contributed by atoms with Gasteiger partial charge in [0.05, 0.1) is 24.6 Å². The molecule has 1 aliphatic rings. The van der Waals surface area contributed by atoms with E-state index in [1.165, 1.54) is 5.56 Å². The van der Waals surface area contributed by atoms with Crippen LogP contribution in [0.3, 0.4) is 0 Å². The van der Waals surface area contributed by atoms with Gasteiger partial charge in [0.2, 0.25) is 0 Å². The highest BCUT2D eigenvalue weighted by Crippen LogP contribution is 2.26. The van der Waals surface area contributed by atoms with Gasteiger partial charge in [0, 0.05) is 43.2 Å². The molecule has 0 atom stereocenters. The molecule has 7 nitrogen and oxygen atoms in total. The molecule has 3 aromatic heterocycles. The van der Waals surface area contributed by atoms with E-state index in [0.29, 0.717) is 18.1 Å². The van der Waals surface area contributed by atoms with Gasteiger partial charge in [-0.15, -0.1) is 0 Å². The molecular weight excluding hydrogens is 356 g/mol. The van der Waals surface area contributed by atoms with Crippen LogP contribution >= 0.6 is 0 Å². The molecule has 142 valence electrons. The minimum atomic E-state index is -0.0957. The van der Waals surface area contributed by atoms with E-state index in [0.717, 1.165) is 47.4 Å². The molecule has 0 bridgehead atoms. The molecular formula is C21H20N4O3. The molecule has 2 N–H and O–H groups in total. The van der Waals surface area contributed by atoms with E-state index in [1.54, 1.807) is 25.5 Å². The van der Waals surface area contributed by atoms with Crippen LogP contribution in [-0.2, 0) is 19.5 Å². The molecule has 4 aromatic rings. The Morgan fingerprint density at radius 2 is 2.25 bits per heavy atom. The van der Waals surface area contributed by atoms with E-state index in [-0.39, 0.29) is 5.56 Å². The quantitative estimate of drug-likeness (QED) is 0.572. The van der Waals surface area contributed by atoms with Crippen molar-refractivity contribution in [2.75, 3.05) is 13.7 Å². The molecule has 0 amide bonds. The van der Waals surface area contributed by atoms with Gasteiger partial charge in [-0.3, -0.25) is 9.69 Å². The van der Waals surface area contributed by atoms with Crippen molar-refractivity contribution in [3.05, 3.63) is 70.0 Å². The van der Waals surface area contributed by atoms with Gasteiger partial charge in [-0.1, -0.05) is 0 Å². The summed E-state index contributed by atoms with van der Waals surface area (Å²) in [6.45, 7) is 2.18. The molecule has 0 spiro atoms. The first kappa shape index (κ1) is 16.8. The fourth-order valence-electron chi connectivity index (χ4n) is 3.80. The Morgan fingerprint density at radius 3 is 3.07 bits per heavy atom. The second kappa shape index (κ2) is 6.69. The van der Waals surface area contributed by atoms with Crippen molar-refractivity contribution >= 4 is 10.9 Å². The summed E-state index contributed by atoms with van der Waals surface area (Å²) in [4.78, 5) is 25.7. The number of ether oxygens (including phenoxy) is 1. The lowest BCUT2D eigenvalue weighted by Crippen LogP contribution is -2.35. The Kier molecular flexibility index (Phi) is 4.02. The van der Waals surface area contributed by atoms with Crippen LogP contribution in [0.25, 0.3) is 22.5 Å². The molecule has 0 radical (unpaired) electrons. The summed E-state index contributed by atoms with van der Waals surface area (Å²) >= 11 is 0. The van der Waals surface area contributed by atoms with Gasteiger partial charge in [0.1, 0.15) is 5.75 Å². The number of furan rings is 1. The fraction of sp³-hybridized carbons (Fsp3) is 0.238. The van der Waals surface area contributed by atoms with Gasteiger partial charge in [-0.25, -0.2) is 4.98 Å². The Bertz CT molecular complexity index is 1190. The third-order valence-corrected chi connectivity index (χ3v) is 5.27. The van der Waals surface area contributed by atoms with Gasteiger partial charge in [0.25, 0.3) is 5.56 Å². The lowest BCUT2D eigenvalue weighted by atomic mass is 10.1. The molecule has 0 aliphatic carbocycles. The Morgan fingerprint density at radius 1 is 1.32 bits per heavy atom. The van der Waals surface area contributed by atoms with Crippen LogP contribution < -0.4 is 10.3 Å². The predicted octanol–water partition coefficient (Wildman–Crippen LogP) is 3.08. The number of methoxy groups -OCH3 is 1. The fourth-order valence-corrected chi connectivity index (χ4v) is 3.80. The highest BCUT2D eigenvalue weighted by Gasteiger charge is 2.22. The van der Waals surface area contributed by atoms with Gasteiger partial charge in [-0.2, -0.15) is 0 Å². The maximum atomic E-state index is 12.6. The summed E-state index contributed by atoms with van der Waals surface area (Å²) in [6, 6.07) is 9.59. The van der Waals surface area contributed by atoms with E-state index in [4.69, 9.17) is 9.15 Å². The van der Waals surface area contributed by atoms with Crippen molar-refractivity contribution in [1.29, 1.82) is 0 Å². The van der Waals surface area contributed by atoms with Crippen LogP contribution in [0.4, 0.5) is 0 Å². The van der Waals surface area contributed by atoms with E-state index >= 15 is 0 Å². The van der Waals surface area contributed by atoms with Crippen molar-refractivity contribution in [2.45, 2.75) is 19.5 Å². The summed E-state index contributed by atoms with van der Waals surface area (Å²) in [6.07, 6.45) is 4.34. The third kappa shape index (κ3) is 2.90. The molecule has 1 aromatic carbocycles. The second-order valence-electron chi connectivity index (χ2n) is 7.00. The highest BCUT2D eigenvalue weighted by atomic mass is 16.5. The van der Waals surface area contributed by atoms with Crippen LogP contribution in [0.1, 0.15) is 16.8 Å². The molecule has 28 heavy (non-hydrogen) atoms. The van der Waals surface area contributed by atoms with Gasteiger partial charge >= 0.3 is 0 Å². The first-order chi connectivity index (χ1) is 13.7. The Balaban J connectivity index is 1.41. The summed E-state index contributed by atoms with van der Waals surface area (Å²) < 4.78 is 10.7. The summed E-state index contributed by atoms with van der Waals surface area (Å²) in [5.41, 5.74) is 3.76. The Labute approximate surface area is 161 Å². The van der Waals surface area contributed by atoms with E-state index < -0.39 is 0 Å². The molecule has 0 saturated carbocycles. The lowest BCUT2D eigenvalue weighted by molar-refractivity contribution is 0.242. The average molecular weight is 376 g/mol. The minimum absolute atomic E-state index is 0.0957. The second-order valence-corrected chi connectivity index (χ2v) is 7.00. The molecule has 0 unspecified atom stereocenters. The zero-order valence-corrected chi connectivity index (χ0v) is 15.5. The van der Waals surface area contributed by atoms with Crippen molar-refractivity contribution in [2.24, 2.45) is 0 Å². The number of H-pyrrole nitrogens is 2. The SMILES string of the molecule is COc1ccc2[nH]cc(CN3CCc4nc(-c5ccco5)[nH]c(=O)c4C3)c2c1. The van der Waals surface area contributed by atoms with Crippen LogP contribution in [0, 0.1) is 0 Å². The molecule has 1 aliphatic heterocycles. The normalized spacial score (nSPS) is 14.3. The zero-order chi connectivity index (χ0) is 19.1. The molecule has 7 heteroatoms. The van der Waals surface area contributed by atoms with Crippen LogP contribution in [0.5, 0.6) is 5.75 Å². The highest BCUT2D eigenvalue weighted by molar-refractivity contribution is 5.84. The molecule has 0 saturated heterocycles.